The zero-order chi connectivity index (χ0) is 18.5. The fraction of sp³-hybridized carbons (Fsp3) is 0.450. The summed E-state index contributed by atoms with van der Waals surface area (Å²) in [6.45, 7) is 3.96. The van der Waals surface area contributed by atoms with Crippen LogP contribution in [-0.4, -0.2) is 18.1 Å². The number of ether oxygens (including phenoxy) is 1. The first kappa shape index (κ1) is 19.4. The monoisotopic (exact) mass is 393 g/mol. The first-order chi connectivity index (χ1) is 12.5. The van der Waals surface area contributed by atoms with Crippen LogP contribution >= 0.6 is 18.9 Å². The molecule has 1 N–H and O–H groups in total. The largest absolute Gasteiger partial charge is 0.461 e. The van der Waals surface area contributed by atoms with Crippen molar-refractivity contribution in [2.45, 2.75) is 51.7 Å². The molecular formula is C20H25ClNO3P. The fourth-order valence-corrected chi connectivity index (χ4v) is 4.76. The van der Waals surface area contributed by atoms with Gasteiger partial charge in [-0.25, -0.2) is 5.09 Å². The number of carbonyl (C=O) groups excluding carboxylic acids is 1. The third-order valence-electron chi connectivity index (χ3n) is 4.67. The second-order valence-corrected chi connectivity index (χ2v) is 8.86. The number of fused-ring (bicyclic) bond motifs is 1. The van der Waals surface area contributed by atoms with E-state index in [-0.39, 0.29) is 18.0 Å². The van der Waals surface area contributed by atoms with Crippen LogP contribution in [0.2, 0.25) is 0 Å². The van der Waals surface area contributed by atoms with E-state index < -0.39 is 13.7 Å². The average Bonchev–Trinajstić information content (AvgIpc) is 3.12. The average molecular weight is 394 g/mol. The summed E-state index contributed by atoms with van der Waals surface area (Å²) in [6, 6.07) is 13.4. The molecule has 0 aromatic heterocycles. The van der Waals surface area contributed by atoms with Gasteiger partial charge in [-0.05, 0) is 54.3 Å². The minimum absolute atomic E-state index is 0.0473. The Morgan fingerprint density at radius 3 is 2.58 bits per heavy atom. The summed E-state index contributed by atoms with van der Waals surface area (Å²) in [7, 11) is -1.53. The number of halogens is 1. The normalized spacial score (nSPS) is 17.4. The van der Waals surface area contributed by atoms with Gasteiger partial charge in [-0.3, -0.25) is 4.79 Å². The molecule has 1 fully saturated rings. The van der Waals surface area contributed by atoms with E-state index in [0.717, 1.165) is 36.5 Å². The molecule has 0 aliphatic heterocycles. The fourth-order valence-electron chi connectivity index (χ4n) is 3.22. The van der Waals surface area contributed by atoms with Crippen LogP contribution in [0.1, 0.15) is 39.5 Å². The van der Waals surface area contributed by atoms with E-state index in [2.05, 4.69) is 5.09 Å². The van der Waals surface area contributed by atoms with Gasteiger partial charge < -0.3 is 9.26 Å². The Morgan fingerprint density at radius 1 is 1.15 bits per heavy atom. The van der Waals surface area contributed by atoms with E-state index in [4.69, 9.17) is 20.5 Å². The van der Waals surface area contributed by atoms with Crippen LogP contribution in [0.4, 0.5) is 0 Å². The van der Waals surface area contributed by atoms with Gasteiger partial charge in [0.2, 0.25) is 0 Å². The third-order valence-corrected chi connectivity index (χ3v) is 6.01. The second kappa shape index (κ2) is 9.03. The smallest absolute Gasteiger partial charge is 0.324 e. The topological polar surface area (TPSA) is 47.6 Å². The zero-order valence-corrected chi connectivity index (χ0v) is 16.8. The Balaban J connectivity index is 1.65. The summed E-state index contributed by atoms with van der Waals surface area (Å²) >= 11 is 6.44. The van der Waals surface area contributed by atoms with E-state index in [1.54, 1.807) is 0 Å². The lowest BCUT2D eigenvalue weighted by atomic mass is 10.1. The van der Waals surface area contributed by atoms with Crippen molar-refractivity contribution in [2.75, 3.05) is 0 Å². The first-order valence-electron chi connectivity index (χ1n) is 9.13. The summed E-state index contributed by atoms with van der Waals surface area (Å²) < 4.78 is 11.6. The van der Waals surface area contributed by atoms with Gasteiger partial charge in [-0.1, -0.05) is 50.2 Å². The molecule has 0 spiro atoms. The first-order valence-corrected chi connectivity index (χ1v) is 11.3. The van der Waals surface area contributed by atoms with Crippen molar-refractivity contribution in [2.24, 2.45) is 5.92 Å². The maximum Gasteiger partial charge on any atom is 0.324 e. The van der Waals surface area contributed by atoms with Crippen molar-refractivity contribution in [1.82, 2.24) is 5.09 Å². The summed E-state index contributed by atoms with van der Waals surface area (Å²) in [5, 5.41) is 5.23. The highest BCUT2D eigenvalue weighted by Crippen LogP contribution is 2.42. The minimum atomic E-state index is -1.53. The molecule has 4 nitrogen and oxygen atoms in total. The molecule has 2 unspecified atom stereocenters. The molecule has 2 aromatic carbocycles. The molecule has 0 amide bonds. The van der Waals surface area contributed by atoms with Gasteiger partial charge >= 0.3 is 5.97 Å². The van der Waals surface area contributed by atoms with Crippen LogP contribution in [0.25, 0.3) is 10.8 Å². The third kappa shape index (κ3) is 4.88. The van der Waals surface area contributed by atoms with Crippen LogP contribution in [-0.2, 0) is 9.53 Å². The van der Waals surface area contributed by atoms with Gasteiger partial charge in [0.25, 0.3) is 7.65 Å². The Labute approximate surface area is 160 Å². The lowest BCUT2D eigenvalue weighted by Gasteiger charge is -2.25. The highest BCUT2D eigenvalue weighted by Gasteiger charge is 2.30. The number of rotatable bonds is 7. The van der Waals surface area contributed by atoms with Crippen LogP contribution in [0, 0.1) is 5.92 Å². The van der Waals surface area contributed by atoms with Gasteiger partial charge in [-0.15, -0.1) is 0 Å². The number of hydrogen-bond donors (Lipinski definition) is 1. The molecule has 0 radical (unpaired) electrons. The Kier molecular flexibility index (Phi) is 6.74. The van der Waals surface area contributed by atoms with E-state index in [9.17, 15) is 4.79 Å². The summed E-state index contributed by atoms with van der Waals surface area (Å²) in [5.74, 6) is 0.536. The molecule has 1 saturated carbocycles. The van der Waals surface area contributed by atoms with Crippen molar-refractivity contribution in [3.05, 3.63) is 42.5 Å². The molecule has 26 heavy (non-hydrogen) atoms. The molecule has 0 bridgehead atoms. The van der Waals surface area contributed by atoms with E-state index in [1.165, 1.54) is 0 Å². The van der Waals surface area contributed by atoms with Gasteiger partial charge in [0.05, 0.1) is 0 Å². The van der Waals surface area contributed by atoms with Gasteiger partial charge in [-0.2, -0.15) is 0 Å². The van der Waals surface area contributed by atoms with Crippen LogP contribution in [0.15, 0.2) is 42.5 Å². The molecule has 1 aliphatic carbocycles. The quantitative estimate of drug-likeness (QED) is 0.478. The number of hydrogen-bond acceptors (Lipinski definition) is 4. The SMILES string of the molecule is CC(C)C(NP(Cl)Oc1cccc2ccccc12)C(=O)OC1CCCC1. The van der Waals surface area contributed by atoms with Crippen LogP contribution in [0.5, 0.6) is 5.75 Å². The van der Waals surface area contributed by atoms with Crippen molar-refractivity contribution in [3.8, 4) is 5.75 Å². The highest BCUT2D eigenvalue weighted by atomic mass is 35.7. The molecule has 2 aromatic rings. The number of benzene rings is 2. The molecule has 140 valence electrons. The predicted octanol–water partition coefficient (Wildman–Crippen LogP) is 5.78. The molecule has 2 atom stereocenters. The Morgan fingerprint density at radius 2 is 1.85 bits per heavy atom. The lowest BCUT2D eigenvalue weighted by Crippen LogP contribution is -2.40. The Bertz CT molecular complexity index is 743. The zero-order valence-electron chi connectivity index (χ0n) is 15.2. The Hall–Kier alpha value is -1.35. The van der Waals surface area contributed by atoms with Crippen molar-refractivity contribution in [1.29, 1.82) is 0 Å². The second-order valence-electron chi connectivity index (χ2n) is 7.01. The van der Waals surface area contributed by atoms with E-state index in [0.29, 0.717) is 5.75 Å². The molecule has 0 saturated heterocycles. The molecule has 6 heteroatoms. The summed E-state index contributed by atoms with van der Waals surface area (Å²) in [6.07, 6.45) is 4.22. The highest BCUT2D eigenvalue weighted by molar-refractivity contribution is 7.78. The number of nitrogens with one attached hydrogen (secondary N) is 1. The number of esters is 1. The maximum absolute atomic E-state index is 12.6. The summed E-state index contributed by atoms with van der Waals surface area (Å²) in [4.78, 5) is 12.6. The molecular weight excluding hydrogens is 369 g/mol. The minimum Gasteiger partial charge on any atom is -0.461 e. The van der Waals surface area contributed by atoms with Crippen molar-refractivity contribution >= 4 is 35.6 Å². The van der Waals surface area contributed by atoms with Crippen molar-refractivity contribution in [3.63, 3.8) is 0 Å². The van der Waals surface area contributed by atoms with E-state index in [1.807, 2.05) is 56.3 Å². The summed E-state index contributed by atoms with van der Waals surface area (Å²) in [5.41, 5.74) is 0. The molecule has 3 rings (SSSR count). The predicted molar refractivity (Wildman–Crippen MR) is 107 cm³/mol. The molecule has 1 aliphatic rings. The van der Waals surface area contributed by atoms with Gasteiger partial charge in [0.1, 0.15) is 17.9 Å². The molecule has 0 heterocycles. The van der Waals surface area contributed by atoms with Gasteiger partial charge in [0.15, 0.2) is 0 Å². The standard InChI is InChI=1S/C20H25ClNO3P/c1-14(2)19(20(23)24-16-10-4-5-11-16)22-26(21)25-18-13-7-9-15-8-3-6-12-17(15)18/h3,6-9,12-14,16,19,22H,4-5,10-11H2,1-2H3. The van der Waals surface area contributed by atoms with Crippen molar-refractivity contribution < 1.29 is 14.1 Å². The number of carbonyl (C=O) groups is 1. The maximum atomic E-state index is 12.6. The van der Waals surface area contributed by atoms with Gasteiger partial charge in [0, 0.05) is 5.39 Å². The van der Waals surface area contributed by atoms with E-state index >= 15 is 0 Å². The van der Waals surface area contributed by atoms with Crippen LogP contribution < -0.4 is 9.61 Å². The van der Waals surface area contributed by atoms with Crippen LogP contribution in [0.3, 0.4) is 0 Å². The lowest BCUT2D eigenvalue weighted by molar-refractivity contribution is -0.151.